The van der Waals surface area contributed by atoms with Crippen molar-refractivity contribution in [3.05, 3.63) is 23.9 Å². The zero-order valence-corrected chi connectivity index (χ0v) is 11.1. The van der Waals surface area contributed by atoms with Gasteiger partial charge in [-0.05, 0) is 43.7 Å². The van der Waals surface area contributed by atoms with Crippen molar-refractivity contribution in [1.82, 2.24) is 4.98 Å². The van der Waals surface area contributed by atoms with Crippen LogP contribution < -0.4 is 5.32 Å². The summed E-state index contributed by atoms with van der Waals surface area (Å²) < 4.78 is 0. The summed E-state index contributed by atoms with van der Waals surface area (Å²) in [7, 11) is 0. The second kappa shape index (κ2) is 5.57. The summed E-state index contributed by atoms with van der Waals surface area (Å²) in [6.07, 6.45) is 5.36. The number of nitrogens with one attached hydrogen (secondary N) is 1. The Labute approximate surface area is 112 Å². The Hall–Kier alpha value is -1.62. The van der Waals surface area contributed by atoms with Crippen LogP contribution in [0.15, 0.2) is 18.3 Å². The summed E-state index contributed by atoms with van der Waals surface area (Å²) in [6, 6.07) is 2.97. The molecule has 0 atom stereocenters. The smallest absolute Gasteiger partial charge is 0.335 e. The highest BCUT2D eigenvalue weighted by Gasteiger charge is 2.33. The summed E-state index contributed by atoms with van der Waals surface area (Å²) >= 11 is 0. The van der Waals surface area contributed by atoms with Crippen molar-refractivity contribution in [2.75, 3.05) is 11.9 Å². The SMILES string of the molecule is CC1CCC(CO)(Nc2cc(C(=O)O)ccn2)CC1. The topological polar surface area (TPSA) is 82.5 Å². The van der Waals surface area contributed by atoms with Gasteiger partial charge in [0.15, 0.2) is 0 Å². The molecular weight excluding hydrogens is 244 g/mol. The lowest BCUT2D eigenvalue weighted by Crippen LogP contribution is -2.45. The molecule has 104 valence electrons. The summed E-state index contributed by atoms with van der Waals surface area (Å²) in [5, 5.41) is 21.9. The van der Waals surface area contributed by atoms with E-state index in [9.17, 15) is 9.90 Å². The third-order valence-corrected chi connectivity index (χ3v) is 3.93. The summed E-state index contributed by atoms with van der Waals surface area (Å²) in [4.78, 5) is 15.1. The van der Waals surface area contributed by atoms with Gasteiger partial charge in [-0.2, -0.15) is 0 Å². The largest absolute Gasteiger partial charge is 0.478 e. The monoisotopic (exact) mass is 264 g/mol. The van der Waals surface area contributed by atoms with E-state index in [1.807, 2.05) is 0 Å². The van der Waals surface area contributed by atoms with Crippen LogP contribution in [0.2, 0.25) is 0 Å². The van der Waals surface area contributed by atoms with E-state index >= 15 is 0 Å². The number of carboxylic acid groups (broad SMARTS) is 1. The van der Waals surface area contributed by atoms with Gasteiger partial charge in [-0.3, -0.25) is 0 Å². The molecule has 0 bridgehead atoms. The first-order chi connectivity index (χ1) is 9.04. The van der Waals surface area contributed by atoms with E-state index in [0.29, 0.717) is 11.7 Å². The Balaban J connectivity index is 2.14. The Morgan fingerprint density at radius 2 is 2.21 bits per heavy atom. The fourth-order valence-corrected chi connectivity index (χ4v) is 2.54. The minimum Gasteiger partial charge on any atom is -0.478 e. The molecule has 0 aromatic carbocycles. The van der Waals surface area contributed by atoms with Gasteiger partial charge in [0, 0.05) is 6.20 Å². The number of aliphatic hydroxyl groups is 1. The zero-order valence-electron chi connectivity index (χ0n) is 11.1. The molecule has 19 heavy (non-hydrogen) atoms. The number of carboxylic acids is 1. The second-order valence-electron chi connectivity index (χ2n) is 5.48. The molecule has 1 fully saturated rings. The molecule has 2 rings (SSSR count). The predicted molar refractivity (Wildman–Crippen MR) is 72.3 cm³/mol. The fraction of sp³-hybridized carbons (Fsp3) is 0.571. The first-order valence-electron chi connectivity index (χ1n) is 6.63. The number of pyridine rings is 1. The van der Waals surface area contributed by atoms with E-state index in [1.54, 1.807) is 0 Å². The van der Waals surface area contributed by atoms with E-state index in [2.05, 4.69) is 17.2 Å². The molecule has 0 amide bonds. The molecule has 5 nitrogen and oxygen atoms in total. The Morgan fingerprint density at radius 3 is 2.79 bits per heavy atom. The number of nitrogens with zero attached hydrogens (tertiary/aromatic N) is 1. The highest BCUT2D eigenvalue weighted by Crippen LogP contribution is 2.34. The first kappa shape index (κ1) is 13.8. The van der Waals surface area contributed by atoms with E-state index in [4.69, 9.17) is 5.11 Å². The van der Waals surface area contributed by atoms with E-state index in [0.717, 1.165) is 25.7 Å². The third-order valence-electron chi connectivity index (χ3n) is 3.93. The Morgan fingerprint density at radius 1 is 1.53 bits per heavy atom. The van der Waals surface area contributed by atoms with Crippen LogP contribution in [0.4, 0.5) is 5.82 Å². The lowest BCUT2D eigenvalue weighted by molar-refractivity contribution is 0.0697. The van der Waals surface area contributed by atoms with Crippen molar-refractivity contribution in [2.24, 2.45) is 5.92 Å². The van der Waals surface area contributed by atoms with Crippen LogP contribution in [0.3, 0.4) is 0 Å². The van der Waals surface area contributed by atoms with Crippen LogP contribution in [-0.2, 0) is 0 Å². The number of aromatic nitrogens is 1. The van der Waals surface area contributed by atoms with Gasteiger partial charge >= 0.3 is 5.97 Å². The number of rotatable bonds is 4. The predicted octanol–water partition coefficient (Wildman–Crippen LogP) is 2.13. The highest BCUT2D eigenvalue weighted by atomic mass is 16.4. The molecule has 1 aromatic rings. The quantitative estimate of drug-likeness (QED) is 0.776. The lowest BCUT2D eigenvalue weighted by Gasteiger charge is -2.39. The summed E-state index contributed by atoms with van der Waals surface area (Å²) in [6.45, 7) is 2.25. The molecular formula is C14H20N2O3. The standard InChI is InChI=1S/C14H20N2O3/c1-10-2-5-14(9-17,6-3-10)16-12-8-11(13(18)19)4-7-15-12/h4,7-8,10,17H,2-3,5-6,9H2,1H3,(H,15,16)(H,18,19). The van der Waals surface area contributed by atoms with Crippen molar-refractivity contribution >= 4 is 11.8 Å². The molecule has 0 aliphatic heterocycles. The molecule has 1 heterocycles. The van der Waals surface area contributed by atoms with Crippen LogP contribution in [0.25, 0.3) is 0 Å². The van der Waals surface area contributed by atoms with Crippen LogP contribution in [0.5, 0.6) is 0 Å². The van der Waals surface area contributed by atoms with Crippen LogP contribution >= 0.6 is 0 Å². The number of anilines is 1. The Bertz CT molecular complexity index is 454. The molecule has 5 heteroatoms. The van der Waals surface area contributed by atoms with Gasteiger partial charge in [-0.15, -0.1) is 0 Å². The zero-order chi connectivity index (χ0) is 13.9. The highest BCUT2D eigenvalue weighted by molar-refractivity contribution is 5.88. The first-order valence-corrected chi connectivity index (χ1v) is 6.63. The molecule has 3 N–H and O–H groups in total. The summed E-state index contributed by atoms with van der Waals surface area (Å²) in [5.74, 6) is 0.226. The van der Waals surface area contributed by atoms with Crippen LogP contribution in [0.1, 0.15) is 43.0 Å². The molecule has 0 radical (unpaired) electrons. The normalized spacial score (nSPS) is 26.9. The van der Waals surface area contributed by atoms with Crippen molar-refractivity contribution in [3.8, 4) is 0 Å². The van der Waals surface area contributed by atoms with Gasteiger partial charge in [0.25, 0.3) is 0 Å². The average Bonchev–Trinajstić information content (AvgIpc) is 2.42. The summed E-state index contributed by atoms with van der Waals surface area (Å²) in [5.41, 5.74) is -0.161. The van der Waals surface area contributed by atoms with Crippen molar-refractivity contribution < 1.29 is 15.0 Å². The molecule has 1 aliphatic rings. The van der Waals surface area contributed by atoms with Gasteiger partial charge in [0.1, 0.15) is 5.82 Å². The number of hydrogen-bond donors (Lipinski definition) is 3. The fourth-order valence-electron chi connectivity index (χ4n) is 2.54. The minimum atomic E-state index is -0.972. The van der Waals surface area contributed by atoms with E-state index < -0.39 is 5.97 Å². The molecule has 0 saturated heterocycles. The van der Waals surface area contributed by atoms with Crippen molar-refractivity contribution in [2.45, 2.75) is 38.1 Å². The molecule has 0 unspecified atom stereocenters. The minimum absolute atomic E-state index is 0.0404. The molecule has 0 spiro atoms. The van der Waals surface area contributed by atoms with Crippen molar-refractivity contribution in [1.29, 1.82) is 0 Å². The van der Waals surface area contributed by atoms with Gasteiger partial charge in [-0.1, -0.05) is 6.92 Å². The number of hydrogen-bond acceptors (Lipinski definition) is 4. The van der Waals surface area contributed by atoms with Crippen LogP contribution in [-0.4, -0.2) is 33.3 Å². The van der Waals surface area contributed by atoms with Gasteiger partial charge in [0.2, 0.25) is 0 Å². The maximum Gasteiger partial charge on any atom is 0.335 e. The Kier molecular flexibility index (Phi) is 4.04. The molecule has 1 saturated carbocycles. The average molecular weight is 264 g/mol. The molecule has 1 aliphatic carbocycles. The van der Waals surface area contributed by atoms with E-state index in [1.165, 1.54) is 18.3 Å². The number of aromatic carboxylic acids is 1. The van der Waals surface area contributed by atoms with Crippen molar-refractivity contribution in [3.63, 3.8) is 0 Å². The number of aliphatic hydroxyl groups excluding tert-OH is 1. The maximum atomic E-state index is 10.9. The van der Waals surface area contributed by atoms with Gasteiger partial charge in [-0.25, -0.2) is 9.78 Å². The lowest BCUT2D eigenvalue weighted by atomic mass is 9.77. The van der Waals surface area contributed by atoms with Crippen LogP contribution in [0, 0.1) is 5.92 Å². The molecule has 1 aromatic heterocycles. The van der Waals surface area contributed by atoms with Gasteiger partial charge < -0.3 is 15.5 Å². The number of carbonyl (C=O) groups is 1. The maximum absolute atomic E-state index is 10.9. The van der Waals surface area contributed by atoms with E-state index in [-0.39, 0.29) is 17.7 Å². The second-order valence-corrected chi connectivity index (χ2v) is 5.48. The van der Waals surface area contributed by atoms with Gasteiger partial charge in [0.05, 0.1) is 17.7 Å². The third kappa shape index (κ3) is 3.23.